The minimum Gasteiger partial charge on any atom is -0.207 e. The molecule has 2 aromatic rings. The van der Waals surface area contributed by atoms with Crippen molar-refractivity contribution in [2.24, 2.45) is 0 Å². The second-order valence-electron chi connectivity index (χ2n) is 5.79. The lowest BCUT2D eigenvalue weighted by Crippen LogP contribution is -2.35. The molecule has 1 aliphatic heterocycles. The predicted octanol–water partition coefficient (Wildman–Crippen LogP) is 4.39. The molecule has 3 rings (SSSR count). The average molecular weight is 354 g/mol. The van der Waals surface area contributed by atoms with Crippen molar-refractivity contribution in [3.8, 4) is 0 Å². The highest BCUT2D eigenvalue weighted by Gasteiger charge is 2.40. The number of benzene rings is 2. The molecule has 1 fully saturated rings. The van der Waals surface area contributed by atoms with Crippen LogP contribution in [0.4, 0.5) is 4.39 Å². The van der Waals surface area contributed by atoms with Gasteiger partial charge in [0, 0.05) is 11.1 Å². The number of nitrogens with zero attached hydrogens (tertiary/aromatic N) is 1. The maximum atomic E-state index is 13.5. The van der Waals surface area contributed by atoms with Crippen molar-refractivity contribution in [1.82, 2.24) is 4.31 Å². The first-order valence-corrected chi connectivity index (χ1v) is 9.26. The molecule has 0 aliphatic carbocycles. The molecule has 1 saturated heterocycles. The Morgan fingerprint density at radius 3 is 2.48 bits per heavy atom. The molecule has 0 spiro atoms. The normalized spacial score (nSPS) is 22.4. The molecule has 23 heavy (non-hydrogen) atoms. The topological polar surface area (TPSA) is 37.4 Å². The van der Waals surface area contributed by atoms with E-state index in [2.05, 4.69) is 0 Å². The zero-order valence-electron chi connectivity index (χ0n) is 12.6. The average Bonchev–Trinajstić information content (AvgIpc) is 2.90. The first kappa shape index (κ1) is 16.4. The van der Waals surface area contributed by atoms with Crippen LogP contribution in [-0.2, 0) is 10.0 Å². The summed E-state index contributed by atoms with van der Waals surface area (Å²) in [5, 5.41) is 0.486. The van der Waals surface area contributed by atoms with E-state index in [1.807, 2.05) is 6.92 Å². The van der Waals surface area contributed by atoms with Gasteiger partial charge in [-0.2, -0.15) is 4.31 Å². The molecule has 2 atom stereocenters. The van der Waals surface area contributed by atoms with E-state index in [-0.39, 0.29) is 22.8 Å². The molecular formula is C17H17ClFNO2S. The van der Waals surface area contributed by atoms with Crippen molar-refractivity contribution < 1.29 is 12.8 Å². The largest absolute Gasteiger partial charge is 0.243 e. The Kier molecular flexibility index (Phi) is 4.45. The van der Waals surface area contributed by atoms with Gasteiger partial charge in [0.25, 0.3) is 0 Å². The molecule has 0 N–H and O–H groups in total. The van der Waals surface area contributed by atoms with Gasteiger partial charge in [0.1, 0.15) is 5.82 Å². The maximum absolute atomic E-state index is 13.5. The Hall–Kier alpha value is -1.43. The van der Waals surface area contributed by atoms with E-state index >= 15 is 0 Å². The molecule has 0 saturated carbocycles. The van der Waals surface area contributed by atoms with E-state index in [9.17, 15) is 12.8 Å². The maximum Gasteiger partial charge on any atom is 0.243 e. The molecule has 0 radical (unpaired) electrons. The SMILES string of the molecule is CC1CC[C@@H](c2cccc(F)c2)N1S(=O)(=O)c1ccc(Cl)cc1. The summed E-state index contributed by atoms with van der Waals surface area (Å²) < 4.78 is 41.0. The second-order valence-corrected chi connectivity index (χ2v) is 8.07. The lowest BCUT2D eigenvalue weighted by atomic mass is 10.1. The molecule has 2 aromatic carbocycles. The van der Waals surface area contributed by atoms with Crippen LogP contribution in [0.1, 0.15) is 31.4 Å². The third kappa shape index (κ3) is 3.13. The van der Waals surface area contributed by atoms with E-state index in [1.165, 1.54) is 28.6 Å². The van der Waals surface area contributed by atoms with Crippen LogP contribution in [0.15, 0.2) is 53.4 Å². The van der Waals surface area contributed by atoms with E-state index in [4.69, 9.17) is 11.6 Å². The van der Waals surface area contributed by atoms with Gasteiger partial charge in [0.2, 0.25) is 10.0 Å². The number of rotatable bonds is 3. The van der Waals surface area contributed by atoms with Crippen molar-refractivity contribution in [1.29, 1.82) is 0 Å². The summed E-state index contributed by atoms with van der Waals surface area (Å²) in [5.74, 6) is -0.356. The van der Waals surface area contributed by atoms with Crippen molar-refractivity contribution in [2.45, 2.75) is 36.7 Å². The van der Waals surface area contributed by atoms with Gasteiger partial charge in [-0.15, -0.1) is 0 Å². The monoisotopic (exact) mass is 353 g/mol. The summed E-state index contributed by atoms with van der Waals surface area (Å²) >= 11 is 5.84. The van der Waals surface area contributed by atoms with Crippen LogP contribution in [0.3, 0.4) is 0 Å². The standard InChI is InChI=1S/C17H17ClFNO2S/c1-12-5-10-17(13-3-2-4-15(19)11-13)20(12)23(21,22)16-8-6-14(18)7-9-16/h2-4,6-9,11-12,17H,5,10H2,1H3/t12?,17-/m0/s1. The van der Waals surface area contributed by atoms with Gasteiger partial charge in [-0.1, -0.05) is 23.7 Å². The highest BCUT2D eigenvalue weighted by atomic mass is 35.5. The van der Waals surface area contributed by atoms with Crippen molar-refractivity contribution in [3.05, 3.63) is 64.9 Å². The van der Waals surface area contributed by atoms with Crippen LogP contribution >= 0.6 is 11.6 Å². The van der Waals surface area contributed by atoms with Gasteiger partial charge in [-0.25, -0.2) is 12.8 Å². The highest BCUT2D eigenvalue weighted by molar-refractivity contribution is 7.89. The Balaban J connectivity index is 2.02. The predicted molar refractivity (Wildman–Crippen MR) is 88.3 cm³/mol. The second kappa shape index (κ2) is 6.23. The van der Waals surface area contributed by atoms with Crippen molar-refractivity contribution >= 4 is 21.6 Å². The Morgan fingerprint density at radius 2 is 1.83 bits per heavy atom. The molecular weight excluding hydrogens is 337 g/mol. The van der Waals surface area contributed by atoms with Crippen LogP contribution in [0.25, 0.3) is 0 Å². The molecule has 1 unspecified atom stereocenters. The lowest BCUT2D eigenvalue weighted by Gasteiger charge is -2.28. The van der Waals surface area contributed by atoms with Crippen LogP contribution in [0.5, 0.6) is 0 Å². The van der Waals surface area contributed by atoms with Crippen LogP contribution in [-0.4, -0.2) is 18.8 Å². The first-order chi connectivity index (χ1) is 10.9. The van der Waals surface area contributed by atoms with Crippen LogP contribution in [0.2, 0.25) is 5.02 Å². The fraction of sp³-hybridized carbons (Fsp3) is 0.294. The van der Waals surface area contributed by atoms with Crippen molar-refractivity contribution in [3.63, 3.8) is 0 Å². The third-order valence-electron chi connectivity index (χ3n) is 4.22. The van der Waals surface area contributed by atoms with E-state index in [0.717, 1.165) is 6.42 Å². The summed E-state index contributed by atoms with van der Waals surface area (Å²) in [4.78, 5) is 0.206. The number of hydrogen-bond donors (Lipinski definition) is 0. The summed E-state index contributed by atoms with van der Waals surface area (Å²) in [6.07, 6.45) is 1.42. The fourth-order valence-electron chi connectivity index (χ4n) is 3.12. The fourth-order valence-corrected chi connectivity index (χ4v) is 5.11. The first-order valence-electron chi connectivity index (χ1n) is 7.44. The van der Waals surface area contributed by atoms with Gasteiger partial charge >= 0.3 is 0 Å². The number of hydrogen-bond acceptors (Lipinski definition) is 2. The minimum absolute atomic E-state index is 0.135. The molecule has 3 nitrogen and oxygen atoms in total. The molecule has 6 heteroatoms. The van der Waals surface area contributed by atoms with Gasteiger partial charge in [0.05, 0.1) is 10.9 Å². The molecule has 1 heterocycles. The minimum atomic E-state index is -3.66. The Bertz CT molecular complexity index is 808. The zero-order valence-corrected chi connectivity index (χ0v) is 14.2. The van der Waals surface area contributed by atoms with Gasteiger partial charge in [-0.3, -0.25) is 0 Å². The Labute approximate surface area is 140 Å². The molecule has 0 amide bonds. The van der Waals surface area contributed by atoms with Gasteiger partial charge in [-0.05, 0) is 61.7 Å². The van der Waals surface area contributed by atoms with Crippen LogP contribution < -0.4 is 0 Å². The summed E-state index contributed by atoms with van der Waals surface area (Å²) in [6.45, 7) is 1.88. The van der Waals surface area contributed by atoms with Crippen LogP contribution in [0, 0.1) is 5.82 Å². The summed E-state index contributed by atoms with van der Waals surface area (Å²) in [7, 11) is -3.66. The van der Waals surface area contributed by atoms with E-state index < -0.39 is 10.0 Å². The quantitative estimate of drug-likeness (QED) is 0.820. The van der Waals surface area contributed by atoms with Crippen molar-refractivity contribution in [2.75, 3.05) is 0 Å². The smallest absolute Gasteiger partial charge is 0.207 e. The molecule has 0 bridgehead atoms. The Morgan fingerprint density at radius 1 is 1.13 bits per heavy atom. The zero-order chi connectivity index (χ0) is 16.6. The number of sulfonamides is 1. The lowest BCUT2D eigenvalue weighted by molar-refractivity contribution is 0.339. The van der Waals surface area contributed by atoms with E-state index in [1.54, 1.807) is 24.3 Å². The molecule has 122 valence electrons. The third-order valence-corrected chi connectivity index (χ3v) is 6.51. The molecule has 0 aromatic heterocycles. The van der Waals surface area contributed by atoms with E-state index in [0.29, 0.717) is 17.0 Å². The summed E-state index contributed by atoms with van der Waals surface area (Å²) in [5.41, 5.74) is 0.687. The number of halogens is 2. The summed E-state index contributed by atoms with van der Waals surface area (Å²) in [6, 6.07) is 11.8. The molecule has 1 aliphatic rings. The highest BCUT2D eigenvalue weighted by Crippen LogP contribution is 2.40. The van der Waals surface area contributed by atoms with Gasteiger partial charge in [0.15, 0.2) is 0 Å². The van der Waals surface area contributed by atoms with Gasteiger partial charge < -0.3 is 0 Å².